The maximum atomic E-state index is 12.8. The Balaban J connectivity index is 1.59. The Labute approximate surface area is 151 Å². The van der Waals surface area contributed by atoms with Crippen LogP contribution >= 0.6 is 0 Å². The number of H-pyrrole nitrogens is 1. The second kappa shape index (κ2) is 6.45. The largest absolute Gasteiger partial charge is 0.380 e. The molecule has 0 saturated heterocycles. The van der Waals surface area contributed by atoms with E-state index < -0.39 is 6.10 Å². The average Bonchev–Trinajstić information content (AvgIpc) is 3.31. The topological polar surface area (TPSA) is 92.0 Å². The molecule has 4 rings (SSSR count). The molecule has 3 aromatic heterocycles. The van der Waals surface area contributed by atoms with E-state index in [0.717, 1.165) is 24.4 Å². The minimum atomic E-state index is -0.835. The number of nitrogens with one attached hydrogen (secondary N) is 1. The van der Waals surface area contributed by atoms with Gasteiger partial charge in [-0.1, -0.05) is 0 Å². The van der Waals surface area contributed by atoms with Gasteiger partial charge in [-0.15, -0.1) is 0 Å². The van der Waals surface area contributed by atoms with Gasteiger partial charge in [0.2, 0.25) is 0 Å². The highest BCUT2D eigenvalue weighted by Crippen LogP contribution is 2.24. The van der Waals surface area contributed by atoms with Crippen LogP contribution in [0.4, 0.5) is 0 Å². The molecule has 0 aromatic carbocycles. The molecule has 4 heterocycles. The summed E-state index contributed by atoms with van der Waals surface area (Å²) >= 11 is 0. The van der Waals surface area contributed by atoms with Gasteiger partial charge in [-0.3, -0.25) is 14.2 Å². The number of carbonyl (C=O) groups excluding carboxylic acids is 1. The van der Waals surface area contributed by atoms with Crippen LogP contribution in [0, 0.1) is 6.92 Å². The fraction of sp³-hybridized carbons (Fsp3) is 0.389. The van der Waals surface area contributed by atoms with Gasteiger partial charge in [0.1, 0.15) is 6.10 Å². The molecule has 1 atom stereocenters. The molecule has 0 aliphatic carbocycles. The molecule has 0 saturated carbocycles. The molecule has 3 aromatic rings. The highest BCUT2D eigenvalue weighted by atomic mass is 16.3. The third-order valence-electron chi connectivity index (χ3n) is 4.92. The molecular weight excluding hydrogens is 332 g/mol. The van der Waals surface area contributed by atoms with Crippen molar-refractivity contribution in [3.8, 4) is 0 Å². The smallest absolute Gasteiger partial charge is 0.256 e. The van der Waals surface area contributed by atoms with Crippen molar-refractivity contribution in [1.82, 2.24) is 29.4 Å². The highest BCUT2D eigenvalue weighted by Gasteiger charge is 2.25. The van der Waals surface area contributed by atoms with E-state index in [2.05, 4.69) is 15.2 Å². The third-order valence-corrected chi connectivity index (χ3v) is 4.92. The Hall–Kier alpha value is -2.87. The van der Waals surface area contributed by atoms with E-state index in [1.807, 2.05) is 28.6 Å². The van der Waals surface area contributed by atoms with Crippen LogP contribution in [0.3, 0.4) is 0 Å². The SMILES string of the molecule is Cc1[nH]ccc1C(=O)N1CCCn2nc([C@H](O)c3ccnn3C)cc2C1. The Morgan fingerprint density at radius 1 is 1.35 bits per heavy atom. The van der Waals surface area contributed by atoms with Crippen molar-refractivity contribution >= 4 is 5.91 Å². The van der Waals surface area contributed by atoms with Crippen molar-refractivity contribution in [1.29, 1.82) is 0 Å². The van der Waals surface area contributed by atoms with E-state index in [1.54, 1.807) is 30.2 Å². The van der Waals surface area contributed by atoms with Gasteiger partial charge in [-0.25, -0.2) is 0 Å². The maximum absolute atomic E-state index is 12.8. The normalized spacial score (nSPS) is 15.6. The Morgan fingerprint density at radius 2 is 2.19 bits per heavy atom. The summed E-state index contributed by atoms with van der Waals surface area (Å²) in [5.41, 5.74) is 3.78. The molecular formula is C18H22N6O2. The third kappa shape index (κ3) is 2.82. The van der Waals surface area contributed by atoms with Crippen LogP contribution in [0.2, 0.25) is 0 Å². The molecule has 2 N–H and O–H groups in total. The van der Waals surface area contributed by atoms with Crippen molar-refractivity contribution in [3.05, 3.63) is 58.9 Å². The number of carbonyl (C=O) groups is 1. The van der Waals surface area contributed by atoms with Crippen molar-refractivity contribution in [2.75, 3.05) is 6.54 Å². The number of aromatic nitrogens is 5. The van der Waals surface area contributed by atoms with E-state index in [-0.39, 0.29) is 5.91 Å². The minimum Gasteiger partial charge on any atom is -0.380 e. The van der Waals surface area contributed by atoms with Crippen LogP contribution in [0.5, 0.6) is 0 Å². The quantitative estimate of drug-likeness (QED) is 0.743. The molecule has 0 fully saturated rings. The van der Waals surface area contributed by atoms with Gasteiger partial charge in [0.25, 0.3) is 5.91 Å². The number of aliphatic hydroxyl groups is 1. The first-order valence-electron chi connectivity index (χ1n) is 8.70. The first-order chi connectivity index (χ1) is 12.5. The fourth-order valence-electron chi connectivity index (χ4n) is 3.45. The van der Waals surface area contributed by atoms with Gasteiger partial charge in [0.05, 0.1) is 29.2 Å². The summed E-state index contributed by atoms with van der Waals surface area (Å²) in [4.78, 5) is 17.7. The number of amides is 1. The average molecular weight is 354 g/mol. The molecule has 136 valence electrons. The molecule has 1 aliphatic heterocycles. The zero-order valence-electron chi connectivity index (χ0n) is 14.9. The number of fused-ring (bicyclic) bond motifs is 1. The molecule has 26 heavy (non-hydrogen) atoms. The van der Waals surface area contributed by atoms with Gasteiger partial charge in [-0.05, 0) is 31.5 Å². The van der Waals surface area contributed by atoms with Gasteiger partial charge >= 0.3 is 0 Å². The number of nitrogens with zero attached hydrogens (tertiary/aromatic N) is 5. The van der Waals surface area contributed by atoms with Crippen LogP contribution in [0.25, 0.3) is 0 Å². The van der Waals surface area contributed by atoms with Crippen molar-refractivity contribution in [3.63, 3.8) is 0 Å². The lowest BCUT2D eigenvalue weighted by atomic mass is 10.1. The maximum Gasteiger partial charge on any atom is 0.256 e. The van der Waals surface area contributed by atoms with Crippen LogP contribution in [0.15, 0.2) is 30.6 Å². The number of rotatable bonds is 3. The Kier molecular flexibility index (Phi) is 4.12. The standard InChI is InChI=1S/C18H22N6O2/c1-12-14(4-6-19-12)18(26)23-8-3-9-24-13(11-23)10-15(21-24)17(25)16-5-7-20-22(16)2/h4-7,10,17,19,25H,3,8-9,11H2,1-2H3/t17-/m0/s1. The molecule has 0 bridgehead atoms. The van der Waals surface area contributed by atoms with E-state index >= 15 is 0 Å². The second-order valence-corrected chi connectivity index (χ2v) is 6.66. The van der Waals surface area contributed by atoms with Crippen molar-refractivity contribution in [2.45, 2.75) is 32.5 Å². The van der Waals surface area contributed by atoms with Gasteiger partial charge in [0.15, 0.2) is 0 Å². The first kappa shape index (κ1) is 16.6. The van der Waals surface area contributed by atoms with Crippen LogP contribution in [-0.2, 0) is 20.1 Å². The summed E-state index contributed by atoms with van der Waals surface area (Å²) in [6.07, 6.45) is 3.43. The number of hydrogen-bond acceptors (Lipinski definition) is 4. The number of hydrogen-bond donors (Lipinski definition) is 2. The van der Waals surface area contributed by atoms with Crippen molar-refractivity contribution < 1.29 is 9.90 Å². The van der Waals surface area contributed by atoms with Crippen LogP contribution in [-0.4, -0.2) is 47.0 Å². The van der Waals surface area contributed by atoms with E-state index in [9.17, 15) is 9.90 Å². The number of aryl methyl sites for hydroxylation is 3. The number of aliphatic hydroxyl groups excluding tert-OH is 1. The van der Waals surface area contributed by atoms with E-state index in [1.165, 1.54) is 0 Å². The Bertz CT molecular complexity index is 937. The predicted octanol–water partition coefficient (Wildman–Crippen LogP) is 1.38. The minimum absolute atomic E-state index is 0.0205. The lowest BCUT2D eigenvalue weighted by molar-refractivity contribution is 0.0745. The molecule has 1 amide bonds. The monoisotopic (exact) mass is 354 g/mol. The number of aromatic amines is 1. The highest BCUT2D eigenvalue weighted by molar-refractivity contribution is 5.95. The van der Waals surface area contributed by atoms with E-state index in [4.69, 9.17) is 0 Å². The molecule has 1 aliphatic rings. The summed E-state index contributed by atoms with van der Waals surface area (Å²) in [7, 11) is 1.79. The fourth-order valence-corrected chi connectivity index (χ4v) is 3.45. The van der Waals surface area contributed by atoms with Crippen LogP contribution < -0.4 is 0 Å². The first-order valence-corrected chi connectivity index (χ1v) is 8.70. The summed E-state index contributed by atoms with van der Waals surface area (Å²) in [6.45, 7) is 3.79. The molecule has 8 heteroatoms. The zero-order chi connectivity index (χ0) is 18.3. The van der Waals surface area contributed by atoms with Crippen LogP contribution in [0.1, 0.15) is 45.7 Å². The Morgan fingerprint density at radius 3 is 2.88 bits per heavy atom. The van der Waals surface area contributed by atoms with Crippen molar-refractivity contribution in [2.24, 2.45) is 7.05 Å². The van der Waals surface area contributed by atoms with Gasteiger partial charge in [0, 0.05) is 38.2 Å². The lowest BCUT2D eigenvalue weighted by Gasteiger charge is -2.19. The summed E-state index contributed by atoms with van der Waals surface area (Å²) in [5, 5.41) is 19.3. The summed E-state index contributed by atoms with van der Waals surface area (Å²) in [5.74, 6) is 0.0205. The lowest BCUT2D eigenvalue weighted by Crippen LogP contribution is -2.30. The zero-order valence-corrected chi connectivity index (χ0v) is 14.9. The second-order valence-electron chi connectivity index (χ2n) is 6.66. The molecule has 0 spiro atoms. The molecule has 0 radical (unpaired) electrons. The van der Waals surface area contributed by atoms with Gasteiger partial charge < -0.3 is 15.0 Å². The van der Waals surface area contributed by atoms with Gasteiger partial charge in [-0.2, -0.15) is 10.2 Å². The van der Waals surface area contributed by atoms with E-state index in [0.29, 0.717) is 30.0 Å². The molecule has 8 nitrogen and oxygen atoms in total. The molecule has 0 unspecified atom stereocenters. The predicted molar refractivity (Wildman–Crippen MR) is 94.4 cm³/mol. The summed E-state index contributed by atoms with van der Waals surface area (Å²) in [6, 6.07) is 5.48. The summed E-state index contributed by atoms with van der Waals surface area (Å²) < 4.78 is 3.53.